The molecule has 3 aromatic rings. The standard InChI is InChI=1S/C28H37N5O3/c1-28(2)8-6-23(36-28)16-35-22-5-3-4-19(12-22)24-15-33(27-25(24)26(29)30-17-31-27)20-10-18(11-20)13-32-9-7-21(34)14-32/h3-5,12,15,17-18,20-21,23,34H,6-11,13-14,16H2,1-2H3,(H2,29,30,31)/t18?,20?,21?,23-/m1/s1. The second-order valence-corrected chi connectivity index (χ2v) is 11.5. The number of nitrogen functional groups attached to an aromatic ring is 1. The Kier molecular flexibility index (Phi) is 6.14. The fraction of sp³-hybridized carbons (Fsp3) is 0.571. The summed E-state index contributed by atoms with van der Waals surface area (Å²) >= 11 is 0. The molecule has 3 fully saturated rings. The summed E-state index contributed by atoms with van der Waals surface area (Å²) in [5.74, 6) is 1.98. The first kappa shape index (κ1) is 23.7. The molecule has 3 N–H and O–H groups in total. The molecule has 1 aromatic carbocycles. The van der Waals surface area contributed by atoms with Gasteiger partial charge in [0.05, 0.1) is 23.2 Å². The van der Waals surface area contributed by atoms with Crippen LogP contribution in [0.25, 0.3) is 22.2 Å². The third-order valence-corrected chi connectivity index (χ3v) is 8.14. The van der Waals surface area contributed by atoms with Crippen molar-refractivity contribution in [1.29, 1.82) is 0 Å². The van der Waals surface area contributed by atoms with Crippen molar-refractivity contribution in [3.63, 3.8) is 0 Å². The number of anilines is 1. The lowest BCUT2D eigenvalue weighted by Crippen LogP contribution is -2.36. The molecule has 1 aliphatic carbocycles. The Labute approximate surface area is 212 Å². The summed E-state index contributed by atoms with van der Waals surface area (Å²) in [6.45, 7) is 7.71. The minimum Gasteiger partial charge on any atom is -0.491 e. The molecule has 192 valence electrons. The number of aromatic nitrogens is 3. The fourth-order valence-electron chi connectivity index (χ4n) is 6.16. The van der Waals surface area contributed by atoms with Crippen molar-refractivity contribution in [1.82, 2.24) is 19.4 Å². The Morgan fingerprint density at radius 1 is 1.22 bits per heavy atom. The summed E-state index contributed by atoms with van der Waals surface area (Å²) in [6, 6.07) is 8.59. The molecular weight excluding hydrogens is 454 g/mol. The second-order valence-electron chi connectivity index (χ2n) is 11.5. The molecule has 0 amide bonds. The number of hydrogen-bond donors (Lipinski definition) is 2. The van der Waals surface area contributed by atoms with E-state index in [1.165, 1.54) is 0 Å². The van der Waals surface area contributed by atoms with Crippen molar-refractivity contribution in [3.05, 3.63) is 36.8 Å². The van der Waals surface area contributed by atoms with Crippen LogP contribution in [-0.2, 0) is 4.74 Å². The highest BCUT2D eigenvalue weighted by atomic mass is 16.6. The SMILES string of the molecule is CC1(C)CC[C@H](COc2cccc(-c3cn(C4CC(CN5CCC(O)C5)C4)c4ncnc(N)c34)c2)O1. The van der Waals surface area contributed by atoms with Crippen LogP contribution in [0, 0.1) is 5.92 Å². The number of β-amino-alcohol motifs (C(OH)–C–C–N with tert-alkyl or cyclic N) is 1. The zero-order valence-electron chi connectivity index (χ0n) is 21.3. The smallest absolute Gasteiger partial charge is 0.146 e. The molecule has 2 saturated heterocycles. The summed E-state index contributed by atoms with van der Waals surface area (Å²) in [4.78, 5) is 11.3. The number of nitrogens with two attached hydrogens (primary N) is 1. The molecule has 2 aliphatic heterocycles. The molecule has 8 nitrogen and oxygen atoms in total. The Morgan fingerprint density at radius 2 is 2.08 bits per heavy atom. The van der Waals surface area contributed by atoms with Gasteiger partial charge in [-0.15, -0.1) is 0 Å². The molecule has 1 saturated carbocycles. The van der Waals surface area contributed by atoms with E-state index < -0.39 is 0 Å². The maximum atomic E-state index is 9.83. The maximum Gasteiger partial charge on any atom is 0.146 e. The van der Waals surface area contributed by atoms with E-state index >= 15 is 0 Å². The second kappa shape index (κ2) is 9.32. The minimum atomic E-state index is -0.159. The first-order chi connectivity index (χ1) is 17.3. The highest BCUT2D eigenvalue weighted by Crippen LogP contribution is 2.43. The number of nitrogens with zero attached hydrogens (tertiary/aromatic N) is 4. The molecule has 36 heavy (non-hydrogen) atoms. The first-order valence-corrected chi connectivity index (χ1v) is 13.3. The van der Waals surface area contributed by atoms with E-state index in [-0.39, 0.29) is 17.8 Å². The molecule has 6 rings (SSSR count). The van der Waals surface area contributed by atoms with E-state index in [1.807, 2.05) is 12.1 Å². The molecule has 2 aromatic heterocycles. The predicted molar refractivity (Wildman–Crippen MR) is 140 cm³/mol. The quantitative estimate of drug-likeness (QED) is 0.515. The third-order valence-electron chi connectivity index (χ3n) is 8.14. The fourth-order valence-corrected chi connectivity index (χ4v) is 6.16. The van der Waals surface area contributed by atoms with Crippen molar-refractivity contribution in [2.24, 2.45) is 5.92 Å². The van der Waals surface area contributed by atoms with Gasteiger partial charge in [-0.3, -0.25) is 0 Å². The third kappa shape index (κ3) is 4.69. The largest absolute Gasteiger partial charge is 0.491 e. The van der Waals surface area contributed by atoms with Crippen LogP contribution in [0.2, 0.25) is 0 Å². The molecule has 8 heteroatoms. The number of hydrogen-bond acceptors (Lipinski definition) is 7. The van der Waals surface area contributed by atoms with Gasteiger partial charge in [-0.25, -0.2) is 9.97 Å². The Morgan fingerprint density at radius 3 is 2.83 bits per heavy atom. The van der Waals surface area contributed by atoms with E-state index in [0.717, 1.165) is 79.6 Å². The number of aliphatic hydroxyl groups excluding tert-OH is 1. The van der Waals surface area contributed by atoms with E-state index in [2.05, 4.69) is 51.6 Å². The van der Waals surface area contributed by atoms with Gasteiger partial charge in [0.2, 0.25) is 0 Å². The molecule has 1 unspecified atom stereocenters. The van der Waals surface area contributed by atoms with E-state index in [9.17, 15) is 5.11 Å². The zero-order chi connectivity index (χ0) is 24.9. The van der Waals surface area contributed by atoms with Crippen molar-refractivity contribution in [3.8, 4) is 16.9 Å². The van der Waals surface area contributed by atoms with Gasteiger partial charge >= 0.3 is 0 Å². The summed E-state index contributed by atoms with van der Waals surface area (Å²) in [5.41, 5.74) is 9.30. The number of aliphatic hydroxyl groups is 1. The van der Waals surface area contributed by atoms with Gasteiger partial charge in [-0.2, -0.15) is 0 Å². The van der Waals surface area contributed by atoms with Crippen molar-refractivity contribution >= 4 is 16.9 Å². The maximum absolute atomic E-state index is 9.83. The monoisotopic (exact) mass is 491 g/mol. The number of ether oxygens (including phenoxy) is 2. The molecule has 0 radical (unpaired) electrons. The first-order valence-electron chi connectivity index (χ1n) is 13.3. The number of rotatable bonds is 7. The lowest BCUT2D eigenvalue weighted by molar-refractivity contribution is -0.0326. The van der Waals surface area contributed by atoms with Crippen molar-refractivity contribution < 1.29 is 14.6 Å². The van der Waals surface area contributed by atoms with Gasteiger partial charge in [0, 0.05) is 37.4 Å². The van der Waals surface area contributed by atoms with Gasteiger partial charge in [-0.1, -0.05) is 12.1 Å². The summed E-state index contributed by atoms with van der Waals surface area (Å²) in [6.07, 6.45) is 8.92. The lowest BCUT2D eigenvalue weighted by atomic mass is 9.79. The van der Waals surface area contributed by atoms with Crippen molar-refractivity contribution in [2.75, 3.05) is 32.0 Å². The van der Waals surface area contributed by atoms with Gasteiger partial charge in [-0.05, 0) is 69.6 Å². The van der Waals surface area contributed by atoms with Crippen LogP contribution >= 0.6 is 0 Å². The average molecular weight is 492 g/mol. The topological polar surface area (TPSA) is 98.7 Å². The van der Waals surface area contributed by atoms with Crippen LogP contribution in [0.3, 0.4) is 0 Å². The van der Waals surface area contributed by atoms with E-state index in [4.69, 9.17) is 15.2 Å². The molecule has 4 heterocycles. The Balaban J connectivity index is 1.20. The number of benzene rings is 1. The Bertz CT molecular complexity index is 1240. The van der Waals surface area contributed by atoms with E-state index in [0.29, 0.717) is 24.4 Å². The van der Waals surface area contributed by atoms with Crippen LogP contribution in [0.4, 0.5) is 5.82 Å². The molecule has 0 bridgehead atoms. The highest BCUT2D eigenvalue weighted by molar-refractivity contribution is 6.00. The highest BCUT2D eigenvalue weighted by Gasteiger charge is 2.35. The number of likely N-dealkylation sites (tertiary alicyclic amines) is 1. The van der Waals surface area contributed by atoms with Gasteiger partial charge in [0.25, 0.3) is 0 Å². The van der Waals surface area contributed by atoms with Gasteiger partial charge in [0.1, 0.15) is 30.1 Å². The van der Waals surface area contributed by atoms with Crippen LogP contribution in [0.5, 0.6) is 5.75 Å². The van der Waals surface area contributed by atoms with E-state index in [1.54, 1.807) is 6.33 Å². The molecular formula is C28H37N5O3. The van der Waals surface area contributed by atoms with Gasteiger partial charge in [0.15, 0.2) is 0 Å². The van der Waals surface area contributed by atoms with Crippen LogP contribution in [0.1, 0.15) is 52.0 Å². The van der Waals surface area contributed by atoms with Crippen LogP contribution in [-0.4, -0.2) is 68.6 Å². The molecule has 0 spiro atoms. The summed E-state index contributed by atoms with van der Waals surface area (Å²) < 4.78 is 14.5. The van der Waals surface area contributed by atoms with Gasteiger partial charge < -0.3 is 29.8 Å². The normalized spacial score (nSPS) is 28.0. The van der Waals surface area contributed by atoms with Crippen LogP contribution < -0.4 is 10.5 Å². The minimum absolute atomic E-state index is 0.0640. The molecule has 3 aliphatic rings. The van der Waals surface area contributed by atoms with Crippen molar-refractivity contribution in [2.45, 2.75) is 69.8 Å². The number of fused-ring (bicyclic) bond motifs is 1. The predicted octanol–water partition coefficient (Wildman–Crippen LogP) is 4.03. The summed E-state index contributed by atoms with van der Waals surface area (Å²) in [7, 11) is 0. The lowest BCUT2D eigenvalue weighted by Gasteiger charge is -2.38. The van der Waals surface area contributed by atoms with Crippen LogP contribution in [0.15, 0.2) is 36.8 Å². The Hall–Kier alpha value is -2.68. The average Bonchev–Trinajstić information content (AvgIpc) is 3.52. The zero-order valence-corrected chi connectivity index (χ0v) is 21.3. The molecule has 2 atom stereocenters. The summed E-state index contributed by atoms with van der Waals surface area (Å²) in [5, 5.41) is 10.7.